The number of pyridine rings is 1. The highest BCUT2D eigenvalue weighted by atomic mass is 19.4. The number of carboxylic acid groups (broad SMARTS) is 1. The van der Waals surface area contributed by atoms with E-state index in [-0.39, 0.29) is 17.8 Å². The number of carbonyl (C=O) groups is 2. The summed E-state index contributed by atoms with van der Waals surface area (Å²) in [5.41, 5.74) is 5.97. The van der Waals surface area contributed by atoms with E-state index in [9.17, 15) is 27.9 Å². The zero-order valence-corrected chi connectivity index (χ0v) is 22.4. The molecule has 1 unspecified atom stereocenters. The number of alkyl halides is 3. The Labute approximate surface area is 230 Å². The van der Waals surface area contributed by atoms with Crippen molar-refractivity contribution in [2.24, 2.45) is 5.92 Å². The lowest BCUT2D eigenvalue weighted by molar-refractivity contribution is -0.137. The summed E-state index contributed by atoms with van der Waals surface area (Å²) in [7, 11) is 0. The van der Waals surface area contributed by atoms with Crippen LogP contribution in [0, 0.1) is 5.92 Å². The molecule has 4 rings (SSSR count). The maximum Gasteiger partial charge on any atom is 0.416 e. The molecule has 1 aliphatic carbocycles. The van der Waals surface area contributed by atoms with Gasteiger partial charge in [0.25, 0.3) is 0 Å². The predicted molar refractivity (Wildman–Crippen MR) is 144 cm³/mol. The number of aryl methyl sites for hydroxylation is 1. The van der Waals surface area contributed by atoms with Gasteiger partial charge in [-0.2, -0.15) is 13.2 Å². The largest absolute Gasteiger partial charge is 0.465 e. The second-order valence-electron chi connectivity index (χ2n) is 10.8. The van der Waals surface area contributed by atoms with E-state index >= 15 is 0 Å². The molecule has 0 radical (unpaired) electrons. The zero-order chi connectivity index (χ0) is 29.2. The standard InChI is InChI=1S/C29H31F3N4O4/c1-28(2,3)36(27(38)39)16-17-10-21(29(30,31)32)14-22(11-17)35-26(37)19-5-4-18-6-7-23(13-20(18)12-19)40-24-8-9-34-25(33)15-24/h6-11,13-15,19H,4-5,12,16H2,1-3H3,(H2,33,34)(H,35,37)(H,38,39). The number of fused-ring (bicyclic) bond motifs is 1. The highest BCUT2D eigenvalue weighted by Crippen LogP contribution is 2.35. The van der Waals surface area contributed by atoms with Gasteiger partial charge in [-0.1, -0.05) is 6.07 Å². The molecule has 4 N–H and O–H groups in total. The smallest absolute Gasteiger partial charge is 0.416 e. The monoisotopic (exact) mass is 556 g/mol. The fourth-order valence-corrected chi connectivity index (χ4v) is 4.69. The number of nitrogen functional groups attached to an aromatic ring is 1. The minimum absolute atomic E-state index is 0.0350. The maximum atomic E-state index is 13.7. The van der Waals surface area contributed by atoms with Gasteiger partial charge in [0.15, 0.2) is 0 Å². The van der Waals surface area contributed by atoms with E-state index in [1.807, 2.05) is 18.2 Å². The number of rotatable bonds is 6. The van der Waals surface area contributed by atoms with Crippen LogP contribution in [0.4, 0.5) is 29.5 Å². The van der Waals surface area contributed by atoms with Crippen molar-refractivity contribution in [1.29, 1.82) is 0 Å². The number of amides is 2. The lowest BCUT2D eigenvalue weighted by Gasteiger charge is -2.33. The normalized spacial score (nSPS) is 15.2. The van der Waals surface area contributed by atoms with Crippen LogP contribution in [0.5, 0.6) is 11.5 Å². The first kappa shape index (κ1) is 28.7. The number of nitrogens with one attached hydrogen (secondary N) is 1. The van der Waals surface area contributed by atoms with Crippen LogP contribution in [0.25, 0.3) is 0 Å². The average molecular weight is 557 g/mol. The van der Waals surface area contributed by atoms with Gasteiger partial charge in [-0.05, 0) is 93.1 Å². The number of halogens is 3. The number of ether oxygens (including phenoxy) is 1. The number of aromatic nitrogens is 1. The van der Waals surface area contributed by atoms with Crippen LogP contribution in [0.2, 0.25) is 0 Å². The average Bonchev–Trinajstić information content (AvgIpc) is 2.85. The Bertz CT molecular complexity index is 1420. The fraction of sp³-hybridized carbons (Fsp3) is 0.345. The SMILES string of the molecule is CC(C)(C)N(Cc1cc(NC(=O)C2CCc3ccc(Oc4ccnc(N)c4)cc3C2)cc(C(F)(F)F)c1)C(=O)O. The molecule has 0 saturated heterocycles. The lowest BCUT2D eigenvalue weighted by atomic mass is 9.83. The van der Waals surface area contributed by atoms with E-state index in [1.54, 1.807) is 32.9 Å². The minimum atomic E-state index is -4.68. The van der Waals surface area contributed by atoms with E-state index in [1.165, 1.54) is 12.3 Å². The summed E-state index contributed by atoms with van der Waals surface area (Å²) in [6.07, 6.45) is -2.85. The maximum absolute atomic E-state index is 13.7. The Morgan fingerprint density at radius 3 is 2.45 bits per heavy atom. The van der Waals surface area contributed by atoms with E-state index in [2.05, 4.69) is 10.3 Å². The van der Waals surface area contributed by atoms with Gasteiger partial charge < -0.3 is 20.9 Å². The quantitative estimate of drug-likeness (QED) is 0.319. The first-order valence-corrected chi connectivity index (χ1v) is 12.7. The summed E-state index contributed by atoms with van der Waals surface area (Å²) < 4.78 is 46.9. The molecule has 1 aromatic heterocycles. The Morgan fingerprint density at radius 2 is 1.80 bits per heavy atom. The third-order valence-corrected chi connectivity index (χ3v) is 6.73. The molecular formula is C29H31F3N4O4. The van der Waals surface area contributed by atoms with Gasteiger partial charge in [0.1, 0.15) is 17.3 Å². The van der Waals surface area contributed by atoms with Gasteiger partial charge in [0, 0.05) is 36.0 Å². The molecule has 0 fully saturated rings. The van der Waals surface area contributed by atoms with Gasteiger partial charge in [-0.15, -0.1) is 0 Å². The van der Waals surface area contributed by atoms with Crippen LogP contribution < -0.4 is 15.8 Å². The summed E-state index contributed by atoms with van der Waals surface area (Å²) in [5.74, 6) is 0.525. The molecule has 0 aliphatic heterocycles. The molecular weight excluding hydrogens is 525 g/mol. The van der Waals surface area contributed by atoms with Gasteiger partial charge >= 0.3 is 12.3 Å². The van der Waals surface area contributed by atoms with Crippen molar-refractivity contribution in [3.8, 4) is 11.5 Å². The second kappa shape index (κ2) is 11.1. The summed E-state index contributed by atoms with van der Waals surface area (Å²) in [6.45, 7) is 4.69. The molecule has 0 spiro atoms. The predicted octanol–water partition coefficient (Wildman–Crippen LogP) is 6.50. The number of nitrogens with two attached hydrogens (primary N) is 1. The number of nitrogens with zero attached hydrogens (tertiary/aromatic N) is 2. The van der Waals surface area contributed by atoms with E-state index in [0.29, 0.717) is 36.6 Å². The molecule has 3 aromatic rings. The second-order valence-corrected chi connectivity index (χ2v) is 10.8. The molecule has 2 amide bonds. The van der Waals surface area contributed by atoms with E-state index < -0.39 is 35.2 Å². The lowest BCUT2D eigenvalue weighted by Crippen LogP contribution is -2.44. The third-order valence-electron chi connectivity index (χ3n) is 6.73. The molecule has 40 heavy (non-hydrogen) atoms. The number of hydrogen-bond acceptors (Lipinski definition) is 5. The molecule has 0 saturated carbocycles. The Morgan fingerprint density at radius 1 is 1.07 bits per heavy atom. The van der Waals surface area contributed by atoms with Crippen molar-refractivity contribution in [2.45, 2.75) is 58.3 Å². The number of benzene rings is 2. The number of anilines is 2. The summed E-state index contributed by atoms with van der Waals surface area (Å²) in [4.78, 5) is 29.9. The van der Waals surface area contributed by atoms with Gasteiger partial charge in [-0.3, -0.25) is 9.69 Å². The molecule has 2 aromatic carbocycles. The Balaban J connectivity index is 1.53. The van der Waals surface area contributed by atoms with Crippen molar-refractivity contribution in [3.05, 3.63) is 77.0 Å². The van der Waals surface area contributed by atoms with Gasteiger partial charge in [-0.25, -0.2) is 9.78 Å². The molecule has 212 valence electrons. The van der Waals surface area contributed by atoms with Crippen molar-refractivity contribution < 1.29 is 32.6 Å². The molecule has 1 heterocycles. The third kappa shape index (κ3) is 7.02. The van der Waals surface area contributed by atoms with Gasteiger partial charge in [0.05, 0.1) is 5.56 Å². The van der Waals surface area contributed by atoms with Crippen LogP contribution in [-0.4, -0.2) is 32.5 Å². The first-order chi connectivity index (χ1) is 18.7. The topological polar surface area (TPSA) is 118 Å². The van der Waals surface area contributed by atoms with Crippen LogP contribution in [0.3, 0.4) is 0 Å². The Kier molecular flexibility index (Phi) is 7.95. The van der Waals surface area contributed by atoms with E-state index in [0.717, 1.165) is 28.2 Å². The summed E-state index contributed by atoms with van der Waals surface area (Å²) >= 11 is 0. The molecule has 11 heteroatoms. The van der Waals surface area contributed by atoms with Crippen molar-refractivity contribution in [1.82, 2.24) is 9.88 Å². The summed E-state index contributed by atoms with van der Waals surface area (Å²) in [5, 5.41) is 12.2. The first-order valence-electron chi connectivity index (χ1n) is 12.7. The molecule has 0 bridgehead atoms. The van der Waals surface area contributed by atoms with E-state index in [4.69, 9.17) is 10.5 Å². The van der Waals surface area contributed by atoms with Crippen molar-refractivity contribution in [3.63, 3.8) is 0 Å². The summed E-state index contributed by atoms with van der Waals surface area (Å²) in [6, 6.07) is 12.0. The Hall–Kier alpha value is -4.28. The van der Waals surface area contributed by atoms with Crippen molar-refractivity contribution >= 4 is 23.5 Å². The van der Waals surface area contributed by atoms with Crippen LogP contribution in [-0.2, 0) is 30.4 Å². The molecule has 8 nitrogen and oxygen atoms in total. The molecule has 1 aliphatic rings. The highest BCUT2D eigenvalue weighted by molar-refractivity contribution is 5.93. The van der Waals surface area contributed by atoms with Crippen LogP contribution in [0.15, 0.2) is 54.7 Å². The minimum Gasteiger partial charge on any atom is -0.465 e. The number of hydrogen-bond donors (Lipinski definition) is 3. The van der Waals surface area contributed by atoms with Gasteiger partial charge in [0.2, 0.25) is 5.91 Å². The zero-order valence-electron chi connectivity index (χ0n) is 22.4. The number of carbonyl (C=O) groups excluding carboxylic acids is 1. The fourth-order valence-electron chi connectivity index (χ4n) is 4.69. The van der Waals surface area contributed by atoms with Crippen LogP contribution >= 0.6 is 0 Å². The van der Waals surface area contributed by atoms with Crippen molar-refractivity contribution in [2.75, 3.05) is 11.1 Å². The molecule has 1 atom stereocenters. The van der Waals surface area contributed by atoms with Crippen LogP contribution in [0.1, 0.15) is 49.4 Å². The highest BCUT2D eigenvalue weighted by Gasteiger charge is 2.33.